The van der Waals surface area contributed by atoms with E-state index in [1.807, 2.05) is 13.0 Å². The molecule has 2 saturated heterocycles. The van der Waals surface area contributed by atoms with Crippen LogP contribution in [0.1, 0.15) is 47.0 Å². The largest absolute Gasteiger partial charge is 0.458 e. The molecule has 0 aromatic carbocycles. The molecule has 6 nitrogen and oxygen atoms in total. The molecule has 2 heterocycles. The number of hydrogen-bond donors (Lipinski definition) is 0. The first kappa shape index (κ1) is 20.1. The van der Waals surface area contributed by atoms with Gasteiger partial charge in [0.1, 0.15) is 12.2 Å². The summed E-state index contributed by atoms with van der Waals surface area (Å²) < 4.78 is 23.1. The lowest BCUT2D eigenvalue weighted by atomic mass is 9.85. The first-order valence-electron chi connectivity index (χ1n) is 9.82. The Labute approximate surface area is 160 Å². The number of esters is 2. The lowest BCUT2D eigenvalue weighted by Gasteiger charge is -2.28. The quantitative estimate of drug-likeness (QED) is 0.317. The van der Waals surface area contributed by atoms with Crippen LogP contribution < -0.4 is 0 Å². The van der Waals surface area contributed by atoms with Gasteiger partial charge >= 0.3 is 11.9 Å². The third-order valence-corrected chi connectivity index (χ3v) is 5.80. The third kappa shape index (κ3) is 4.61. The number of carbonyl (C=O) groups is 2. The van der Waals surface area contributed by atoms with Gasteiger partial charge in [0.15, 0.2) is 0 Å². The Kier molecular flexibility index (Phi) is 6.06. The van der Waals surface area contributed by atoms with Crippen molar-refractivity contribution in [2.24, 2.45) is 11.8 Å². The molecule has 1 aliphatic carbocycles. The van der Waals surface area contributed by atoms with Crippen LogP contribution in [0, 0.1) is 11.8 Å². The van der Waals surface area contributed by atoms with Crippen molar-refractivity contribution < 1.29 is 28.5 Å². The molecular weight excluding hydrogens is 348 g/mol. The van der Waals surface area contributed by atoms with Crippen LogP contribution >= 0.6 is 0 Å². The average Bonchev–Trinajstić information content (AvgIpc) is 3.28. The third-order valence-electron chi connectivity index (χ3n) is 5.80. The van der Waals surface area contributed by atoms with Crippen LogP contribution in [0.5, 0.6) is 0 Å². The van der Waals surface area contributed by atoms with Gasteiger partial charge in [-0.25, -0.2) is 4.79 Å². The summed E-state index contributed by atoms with van der Waals surface area (Å²) >= 11 is 0. The monoisotopic (exact) mass is 378 g/mol. The maximum absolute atomic E-state index is 12.2. The molecule has 0 radical (unpaired) electrons. The van der Waals surface area contributed by atoms with Gasteiger partial charge in [0, 0.05) is 31.9 Å². The van der Waals surface area contributed by atoms with Gasteiger partial charge in [-0.1, -0.05) is 26.8 Å². The second-order valence-electron chi connectivity index (χ2n) is 8.00. The molecule has 0 aromatic rings. The SMILES string of the molecule is C=C1C(=O)O[C@H]2/C=C(/C)[C@@H](OC(C)=O)C[C@H]3O[C@H]3C[C@@H](OC[C@@H](C)CC)[C@@H]12. The first-order valence-corrected chi connectivity index (χ1v) is 9.82. The van der Waals surface area contributed by atoms with Crippen LogP contribution in [0.15, 0.2) is 23.8 Å². The standard InChI is InChI=1S/C21H30O6/c1-6-11(2)10-24-18-9-17-16(26-17)8-15(25-14(5)22)12(3)7-19-20(18)13(4)21(23)27-19/h7,11,15-20H,4,6,8-10H2,1-3,5H3/b12-7-/t11-,15-,16+,17-,18+,19-,20+/m0/s1. The van der Waals surface area contributed by atoms with E-state index in [1.165, 1.54) is 6.92 Å². The average molecular weight is 378 g/mol. The predicted octanol–water partition coefficient (Wildman–Crippen LogP) is 2.95. The van der Waals surface area contributed by atoms with Crippen LogP contribution in [0.25, 0.3) is 0 Å². The van der Waals surface area contributed by atoms with Gasteiger partial charge in [-0.15, -0.1) is 0 Å². The van der Waals surface area contributed by atoms with Gasteiger partial charge in [-0.05, 0) is 24.5 Å². The van der Waals surface area contributed by atoms with Gasteiger partial charge in [-0.3, -0.25) is 4.79 Å². The second-order valence-corrected chi connectivity index (χ2v) is 8.00. The molecule has 0 spiro atoms. The lowest BCUT2D eigenvalue weighted by molar-refractivity contribution is -0.145. The molecule has 6 heteroatoms. The van der Waals surface area contributed by atoms with Crippen LogP contribution in [0.3, 0.4) is 0 Å². The molecule has 3 aliphatic rings. The Hall–Kier alpha value is -1.66. The Morgan fingerprint density at radius 1 is 1.37 bits per heavy atom. The number of ether oxygens (including phenoxy) is 4. The molecule has 0 N–H and O–H groups in total. The van der Waals surface area contributed by atoms with Crippen molar-refractivity contribution in [1.82, 2.24) is 0 Å². The van der Waals surface area contributed by atoms with Gasteiger partial charge in [0.05, 0.1) is 24.2 Å². The van der Waals surface area contributed by atoms with E-state index in [-0.39, 0.29) is 42.3 Å². The predicted molar refractivity (Wildman–Crippen MR) is 98.9 cm³/mol. The van der Waals surface area contributed by atoms with Crippen molar-refractivity contribution in [3.63, 3.8) is 0 Å². The highest BCUT2D eigenvalue weighted by Crippen LogP contribution is 2.41. The number of carbonyl (C=O) groups excluding carboxylic acids is 2. The fourth-order valence-corrected chi connectivity index (χ4v) is 3.83. The minimum absolute atomic E-state index is 0.0373. The molecule has 3 rings (SSSR count). The molecule has 0 amide bonds. The molecule has 7 atom stereocenters. The Bertz CT molecular complexity index is 639. The van der Waals surface area contributed by atoms with Crippen LogP contribution in [-0.4, -0.2) is 49.1 Å². The zero-order valence-electron chi connectivity index (χ0n) is 16.6. The lowest BCUT2D eigenvalue weighted by Crippen LogP contribution is -2.35. The summed E-state index contributed by atoms with van der Waals surface area (Å²) in [5.74, 6) is -0.534. The van der Waals surface area contributed by atoms with E-state index in [0.29, 0.717) is 30.9 Å². The van der Waals surface area contributed by atoms with Gasteiger partial charge in [0.2, 0.25) is 0 Å². The number of rotatable bonds is 5. The normalized spacial score (nSPS) is 38.7. The smallest absolute Gasteiger partial charge is 0.334 e. The van der Waals surface area contributed by atoms with Crippen molar-refractivity contribution in [3.8, 4) is 0 Å². The summed E-state index contributed by atoms with van der Waals surface area (Å²) in [5.41, 5.74) is 1.31. The van der Waals surface area contributed by atoms with Crippen molar-refractivity contribution >= 4 is 11.9 Å². The summed E-state index contributed by atoms with van der Waals surface area (Å²) in [6, 6.07) is 0. The van der Waals surface area contributed by atoms with Gasteiger partial charge in [0.25, 0.3) is 0 Å². The maximum atomic E-state index is 12.2. The highest BCUT2D eigenvalue weighted by Gasteiger charge is 2.50. The van der Waals surface area contributed by atoms with Crippen LogP contribution in [0.2, 0.25) is 0 Å². The van der Waals surface area contributed by atoms with Crippen molar-refractivity contribution in [1.29, 1.82) is 0 Å². The molecule has 2 aliphatic heterocycles. The Morgan fingerprint density at radius 3 is 2.74 bits per heavy atom. The summed E-state index contributed by atoms with van der Waals surface area (Å²) in [5, 5.41) is 0. The van der Waals surface area contributed by atoms with Gasteiger partial charge < -0.3 is 18.9 Å². The Balaban J connectivity index is 1.87. The fourth-order valence-electron chi connectivity index (χ4n) is 3.83. The minimum Gasteiger partial charge on any atom is -0.458 e. The number of fused-ring (bicyclic) bond motifs is 2. The zero-order chi connectivity index (χ0) is 19.7. The molecular formula is C21H30O6. The van der Waals surface area contributed by atoms with Crippen molar-refractivity contribution in [2.45, 2.75) is 77.5 Å². The van der Waals surface area contributed by atoms with Gasteiger partial charge in [-0.2, -0.15) is 0 Å². The van der Waals surface area contributed by atoms with Crippen molar-refractivity contribution in [3.05, 3.63) is 23.8 Å². The first-order chi connectivity index (χ1) is 12.8. The van der Waals surface area contributed by atoms with E-state index in [1.54, 1.807) is 0 Å². The molecule has 0 saturated carbocycles. The Morgan fingerprint density at radius 2 is 2.07 bits per heavy atom. The summed E-state index contributed by atoms with van der Waals surface area (Å²) in [7, 11) is 0. The molecule has 2 fully saturated rings. The number of epoxide rings is 1. The van der Waals surface area contributed by atoms with E-state index in [2.05, 4.69) is 20.4 Å². The molecule has 0 aromatic heterocycles. The van der Waals surface area contributed by atoms with Crippen LogP contribution in [-0.2, 0) is 28.5 Å². The topological polar surface area (TPSA) is 74.4 Å². The van der Waals surface area contributed by atoms with E-state index in [4.69, 9.17) is 18.9 Å². The second kappa shape index (κ2) is 8.15. The van der Waals surface area contributed by atoms with E-state index >= 15 is 0 Å². The fraction of sp³-hybridized carbons (Fsp3) is 0.714. The summed E-state index contributed by atoms with van der Waals surface area (Å²) in [4.78, 5) is 23.7. The highest BCUT2D eigenvalue weighted by molar-refractivity contribution is 5.91. The molecule has 27 heavy (non-hydrogen) atoms. The summed E-state index contributed by atoms with van der Waals surface area (Å²) in [6.45, 7) is 12.2. The molecule has 0 bridgehead atoms. The minimum atomic E-state index is -0.458. The zero-order valence-corrected chi connectivity index (χ0v) is 16.6. The van der Waals surface area contributed by atoms with E-state index in [0.717, 1.165) is 12.0 Å². The molecule has 150 valence electrons. The van der Waals surface area contributed by atoms with E-state index in [9.17, 15) is 9.59 Å². The molecule has 0 unspecified atom stereocenters. The van der Waals surface area contributed by atoms with Crippen LogP contribution in [0.4, 0.5) is 0 Å². The summed E-state index contributed by atoms with van der Waals surface area (Å²) in [6.07, 6.45) is 3.26. The van der Waals surface area contributed by atoms with Crippen molar-refractivity contribution in [2.75, 3.05) is 6.61 Å². The highest BCUT2D eigenvalue weighted by atomic mass is 16.6. The van der Waals surface area contributed by atoms with E-state index < -0.39 is 6.10 Å². The maximum Gasteiger partial charge on any atom is 0.334 e. The number of hydrogen-bond acceptors (Lipinski definition) is 6.